The summed E-state index contributed by atoms with van der Waals surface area (Å²) in [5.74, 6) is 0. The number of likely N-dealkylation sites (N-methyl/N-ethyl adjacent to an activating group) is 2. The Bertz CT molecular complexity index is 484. The van der Waals surface area contributed by atoms with Crippen LogP contribution >= 0.6 is 0 Å². The highest BCUT2D eigenvalue weighted by Crippen LogP contribution is 2.26. The zero-order valence-electron chi connectivity index (χ0n) is 13.6. The van der Waals surface area contributed by atoms with Crippen LogP contribution < -0.4 is 10.2 Å². The largest absolute Gasteiger partial charge is 0.370 e. The van der Waals surface area contributed by atoms with E-state index in [1.807, 2.05) is 0 Å². The normalized spacial score (nSPS) is 23.3. The average Bonchev–Trinajstić information content (AvgIpc) is 3.29. The fourth-order valence-electron chi connectivity index (χ4n) is 3.23. The second-order valence-electron chi connectivity index (χ2n) is 6.78. The molecule has 1 N–H and O–H groups in total. The van der Waals surface area contributed by atoms with Gasteiger partial charge in [0, 0.05) is 55.4 Å². The molecule has 1 atom stereocenters. The minimum absolute atomic E-state index is 0.616. The molecule has 0 spiro atoms. The molecule has 2 aliphatic rings. The molecule has 0 bridgehead atoms. The van der Waals surface area contributed by atoms with E-state index in [1.165, 1.54) is 43.5 Å². The molecule has 1 saturated carbocycles. The Kier molecular flexibility index (Phi) is 4.45. The molecule has 2 fully saturated rings. The van der Waals surface area contributed by atoms with E-state index in [4.69, 9.17) is 0 Å². The summed E-state index contributed by atoms with van der Waals surface area (Å²) in [6.45, 7) is 5.42. The van der Waals surface area contributed by atoms with Crippen LogP contribution in [-0.2, 0) is 6.54 Å². The second kappa shape index (κ2) is 6.32. The summed E-state index contributed by atoms with van der Waals surface area (Å²) in [6, 6.07) is 3.61. The van der Waals surface area contributed by atoms with Gasteiger partial charge in [0.25, 0.3) is 0 Å². The molecule has 1 aromatic heterocycles. The molecule has 1 aromatic rings. The summed E-state index contributed by atoms with van der Waals surface area (Å²) in [5, 5.41) is 3.62. The van der Waals surface area contributed by atoms with Crippen LogP contribution in [-0.4, -0.2) is 49.2 Å². The van der Waals surface area contributed by atoms with Crippen molar-refractivity contribution in [3.63, 3.8) is 0 Å². The van der Waals surface area contributed by atoms with Crippen molar-refractivity contribution >= 4 is 5.69 Å². The molecule has 116 valence electrons. The SMILES string of the molecule is Cc1cc(N(C)C2CCCN(C)C2)c(CNC2CC2)cn1. The van der Waals surface area contributed by atoms with Crippen molar-refractivity contribution in [2.45, 2.75) is 51.2 Å². The molecule has 2 heterocycles. The quantitative estimate of drug-likeness (QED) is 0.900. The van der Waals surface area contributed by atoms with Gasteiger partial charge in [-0.2, -0.15) is 0 Å². The van der Waals surface area contributed by atoms with E-state index in [-0.39, 0.29) is 0 Å². The van der Waals surface area contributed by atoms with Gasteiger partial charge in [-0.3, -0.25) is 4.98 Å². The van der Waals surface area contributed by atoms with E-state index in [0.29, 0.717) is 6.04 Å². The number of anilines is 1. The van der Waals surface area contributed by atoms with Gasteiger partial charge in [-0.05, 0) is 52.3 Å². The number of hydrogen-bond donors (Lipinski definition) is 1. The molecule has 1 aliphatic heterocycles. The highest BCUT2D eigenvalue weighted by molar-refractivity contribution is 5.54. The van der Waals surface area contributed by atoms with Crippen LogP contribution in [0.25, 0.3) is 0 Å². The van der Waals surface area contributed by atoms with Gasteiger partial charge in [0.05, 0.1) is 0 Å². The third-order valence-corrected chi connectivity index (χ3v) is 4.78. The number of aromatic nitrogens is 1. The lowest BCUT2D eigenvalue weighted by atomic mass is 10.0. The lowest BCUT2D eigenvalue weighted by molar-refractivity contribution is 0.248. The van der Waals surface area contributed by atoms with Gasteiger partial charge in [-0.1, -0.05) is 0 Å². The molecule has 1 aliphatic carbocycles. The number of nitrogens with zero attached hydrogens (tertiary/aromatic N) is 3. The Morgan fingerprint density at radius 3 is 2.90 bits per heavy atom. The number of rotatable bonds is 5. The summed E-state index contributed by atoms with van der Waals surface area (Å²) in [4.78, 5) is 9.43. The first-order chi connectivity index (χ1) is 10.1. The van der Waals surface area contributed by atoms with Crippen molar-refractivity contribution in [3.8, 4) is 0 Å². The van der Waals surface area contributed by atoms with Crippen LogP contribution in [0.3, 0.4) is 0 Å². The van der Waals surface area contributed by atoms with E-state index < -0.39 is 0 Å². The van der Waals surface area contributed by atoms with Gasteiger partial charge in [-0.25, -0.2) is 0 Å². The number of aryl methyl sites for hydroxylation is 1. The van der Waals surface area contributed by atoms with E-state index in [0.717, 1.165) is 24.8 Å². The zero-order valence-corrected chi connectivity index (χ0v) is 13.6. The Morgan fingerprint density at radius 1 is 1.38 bits per heavy atom. The first-order valence-corrected chi connectivity index (χ1v) is 8.24. The van der Waals surface area contributed by atoms with E-state index >= 15 is 0 Å². The van der Waals surface area contributed by atoms with Crippen molar-refractivity contribution in [3.05, 3.63) is 23.5 Å². The van der Waals surface area contributed by atoms with Crippen LogP contribution in [0, 0.1) is 6.92 Å². The zero-order chi connectivity index (χ0) is 14.8. The Morgan fingerprint density at radius 2 is 2.19 bits per heavy atom. The van der Waals surface area contributed by atoms with Crippen molar-refractivity contribution in [2.75, 3.05) is 32.1 Å². The molecule has 1 saturated heterocycles. The van der Waals surface area contributed by atoms with Crippen molar-refractivity contribution in [1.82, 2.24) is 15.2 Å². The number of piperidine rings is 1. The van der Waals surface area contributed by atoms with Gasteiger partial charge in [0.1, 0.15) is 0 Å². The lowest BCUT2D eigenvalue weighted by Gasteiger charge is -2.38. The third kappa shape index (κ3) is 3.74. The fourth-order valence-corrected chi connectivity index (χ4v) is 3.23. The molecule has 4 heteroatoms. The Balaban J connectivity index is 1.75. The van der Waals surface area contributed by atoms with Crippen molar-refractivity contribution < 1.29 is 0 Å². The number of hydrogen-bond acceptors (Lipinski definition) is 4. The number of likely N-dealkylation sites (tertiary alicyclic amines) is 1. The molecule has 4 nitrogen and oxygen atoms in total. The first kappa shape index (κ1) is 14.8. The second-order valence-corrected chi connectivity index (χ2v) is 6.78. The van der Waals surface area contributed by atoms with Crippen LogP contribution in [0.15, 0.2) is 12.3 Å². The van der Waals surface area contributed by atoms with E-state index in [2.05, 4.69) is 53.4 Å². The van der Waals surface area contributed by atoms with Crippen LogP contribution in [0.5, 0.6) is 0 Å². The molecular weight excluding hydrogens is 260 g/mol. The summed E-state index contributed by atoms with van der Waals surface area (Å²) in [5.41, 5.74) is 3.80. The Hall–Kier alpha value is -1.13. The first-order valence-electron chi connectivity index (χ1n) is 8.24. The molecule has 0 aromatic carbocycles. The van der Waals surface area contributed by atoms with Gasteiger partial charge >= 0.3 is 0 Å². The maximum absolute atomic E-state index is 4.50. The summed E-state index contributed by atoms with van der Waals surface area (Å²) in [6.07, 6.45) is 7.31. The van der Waals surface area contributed by atoms with Gasteiger partial charge in [-0.15, -0.1) is 0 Å². The Labute approximate surface area is 128 Å². The average molecular weight is 288 g/mol. The number of nitrogens with one attached hydrogen (secondary N) is 1. The van der Waals surface area contributed by atoms with E-state index in [9.17, 15) is 0 Å². The maximum atomic E-state index is 4.50. The molecule has 0 amide bonds. The predicted molar refractivity (Wildman–Crippen MR) is 87.8 cm³/mol. The summed E-state index contributed by atoms with van der Waals surface area (Å²) < 4.78 is 0. The molecule has 21 heavy (non-hydrogen) atoms. The summed E-state index contributed by atoms with van der Waals surface area (Å²) in [7, 11) is 4.48. The van der Waals surface area contributed by atoms with E-state index in [1.54, 1.807) is 0 Å². The van der Waals surface area contributed by atoms with Crippen molar-refractivity contribution in [1.29, 1.82) is 0 Å². The van der Waals surface area contributed by atoms with Crippen LogP contribution in [0.4, 0.5) is 5.69 Å². The summed E-state index contributed by atoms with van der Waals surface area (Å²) >= 11 is 0. The smallest absolute Gasteiger partial charge is 0.0445 e. The highest BCUT2D eigenvalue weighted by Gasteiger charge is 2.24. The lowest BCUT2D eigenvalue weighted by Crippen LogP contribution is -2.45. The predicted octanol–water partition coefficient (Wildman–Crippen LogP) is 2.17. The topological polar surface area (TPSA) is 31.4 Å². The standard InChI is InChI=1S/C17H28N4/c1-13-9-17(14(10-18-13)11-19-15-6-7-15)21(3)16-5-4-8-20(2)12-16/h9-10,15-16,19H,4-8,11-12H2,1-3H3. The van der Waals surface area contributed by atoms with Crippen LogP contribution in [0.1, 0.15) is 36.9 Å². The maximum Gasteiger partial charge on any atom is 0.0445 e. The number of pyridine rings is 1. The third-order valence-electron chi connectivity index (χ3n) is 4.78. The van der Waals surface area contributed by atoms with Gasteiger partial charge in [0.2, 0.25) is 0 Å². The minimum Gasteiger partial charge on any atom is -0.370 e. The molecule has 3 rings (SSSR count). The molecular formula is C17H28N4. The molecule has 0 radical (unpaired) electrons. The molecule has 1 unspecified atom stereocenters. The minimum atomic E-state index is 0.616. The van der Waals surface area contributed by atoms with Gasteiger partial charge in [0.15, 0.2) is 0 Å². The highest BCUT2D eigenvalue weighted by atomic mass is 15.2. The van der Waals surface area contributed by atoms with Crippen molar-refractivity contribution in [2.24, 2.45) is 0 Å². The monoisotopic (exact) mass is 288 g/mol. The van der Waals surface area contributed by atoms with Crippen LogP contribution in [0.2, 0.25) is 0 Å². The van der Waals surface area contributed by atoms with Gasteiger partial charge < -0.3 is 15.1 Å². The fraction of sp³-hybridized carbons (Fsp3) is 0.706.